The monoisotopic (exact) mass is 301 g/mol. The SMILES string of the molecule is CSc1cc(C(F)(F)F)ccc1/C(N)=C\C(=O)C1CC1. The number of ketones is 1. The van der Waals surface area contributed by atoms with Gasteiger partial charge in [-0.15, -0.1) is 11.8 Å². The summed E-state index contributed by atoms with van der Waals surface area (Å²) in [6, 6.07) is 3.36. The first-order chi connectivity index (χ1) is 9.32. The van der Waals surface area contributed by atoms with Crippen LogP contribution >= 0.6 is 11.8 Å². The van der Waals surface area contributed by atoms with Gasteiger partial charge < -0.3 is 5.73 Å². The summed E-state index contributed by atoms with van der Waals surface area (Å²) in [6.07, 6.45) is 0.357. The molecular weight excluding hydrogens is 287 g/mol. The summed E-state index contributed by atoms with van der Waals surface area (Å²) in [5.41, 5.74) is 5.82. The van der Waals surface area contributed by atoms with E-state index >= 15 is 0 Å². The molecule has 1 saturated carbocycles. The Morgan fingerprint density at radius 1 is 1.40 bits per heavy atom. The average Bonchev–Trinajstić information content (AvgIpc) is 3.20. The first kappa shape index (κ1) is 15.0. The Balaban J connectivity index is 2.33. The van der Waals surface area contributed by atoms with E-state index in [0.717, 1.165) is 25.0 Å². The van der Waals surface area contributed by atoms with Crippen LogP contribution in [0.5, 0.6) is 0 Å². The maximum atomic E-state index is 12.7. The molecule has 0 saturated heterocycles. The van der Waals surface area contributed by atoms with Crippen LogP contribution in [0.4, 0.5) is 13.2 Å². The molecule has 2 nitrogen and oxygen atoms in total. The quantitative estimate of drug-likeness (QED) is 0.681. The summed E-state index contributed by atoms with van der Waals surface area (Å²) in [4.78, 5) is 12.1. The van der Waals surface area contributed by atoms with Crippen LogP contribution in [-0.2, 0) is 11.0 Å². The van der Waals surface area contributed by atoms with Gasteiger partial charge in [-0.3, -0.25) is 4.79 Å². The number of benzene rings is 1. The zero-order valence-electron chi connectivity index (χ0n) is 10.8. The van der Waals surface area contributed by atoms with Gasteiger partial charge in [0.05, 0.1) is 5.56 Å². The highest BCUT2D eigenvalue weighted by Gasteiger charge is 2.31. The van der Waals surface area contributed by atoms with Crippen LogP contribution < -0.4 is 5.73 Å². The second kappa shape index (κ2) is 5.52. The minimum Gasteiger partial charge on any atom is -0.398 e. The molecule has 0 spiro atoms. The topological polar surface area (TPSA) is 43.1 Å². The third-order valence-electron chi connectivity index (χ3n) is 3.12. The number of halogens is 3. The predicted molar refractivity (Wildman–Crippen MR) is 73.1 cm³/mol. The van der Waals surface area contributed by atoms with Gasteiger partial charge in [-0.25, -0.2) is 0 Å². The molecule has 1 aromatic carbocycles. The molecular formula is C14H14F3NOS. The maximum Gasteiger partial charge on any atom is 0.416 e. The number of alkyl halides is 3. The van der Waals surface area contributed by atoms with Gasteiger partial charge in [-0.2, -0.15) is 13.2 Å². The van der Waals surface area contributed by atoms with E-state index in [9.17, 15) is 18.0 Å². The number of carbonyl (C=O) groups is 1. The number of nitrogens with two attached hydrogens (primary N) is 1. The number of hydrogen-bond acceptors (Lipinski definition) is 3. The van der Waals surface area contributed by atoms with Crippen molar-refractivity contribution in [1.29, 1.82) is 0 Å². The third kappa shape index (κ3) is 3.36. The zero-order valence-corrected chi connectivity index (χ0v) is 11.6. The molecule has 1 aliphatic rings. The van der Waals surface area contributed by atoms with Crippen molar-refractivity contribution in [3.8, 4) is 0 Å². The van der Waals surface area contributed by atoms with E-state index in [1.54, 1.807) is 6.26 Å². The molecule has 6 heteroatoms. The van der Waals surface area contributed by atoms with E-state index in [1.807, 2.05) is 0 Å². The molecule has 108 valence electrons. The van der Waals surface area contributed by atoms with Crippen molar-refractivity contribution in [2.24, 2.45) is 11.7 Å². The Kier molecular flexibility index (Phi) is 4.13. The first-order valence-corrected chi connectivity index (χ1v) is 7.32. The van der Waals surface area contributed by atoms with Crippen molar-refractivity contribution in [2.45, 2.75) is 23.9 Å². The predicted octanol–water partition coefficient (Wildman–Crippen LogP) is 3.71. The summed E-state index contributed by atoms with van der Waals surface area (Å²) in [5, 5.41) is 0. The molecule has 1 fully saturated rings. The summed E-state index contributed by atoms with van der Waals surface area (Å²) < 4.78 is 38.0. The standard InChI is InChI=1S/C14H14F3NOS/c1-20-13-6-9(14(15,16)17)4-5-10(13)11(18)7-12(19)8-2-3-8/h4-8H,2-3,18H2,1H3/b11-7+. The minimum absolute atomic E-state index is 0.0423. The lowest BCUT2D eigenvalue weighted by atomic mass is 10.1. The lowest BCUT2D eigenvalue weighted by molar-refractivity contribution is -0.137. The molecule has 20 heavy (non-hydrogen) atoms. The molecule has 0 amide bonds. The van der Waals surface area contributed by atoms with Gasteiger partial charge in [-0.1, -0.05) is 6.07 Å². The molecule has 1 aliphatic carbocycles. The Morgan fingerprint density at radius 3 is 2.55 bits per heavy atom. The average molecular weight is 301 g/mol. The van der Waals surface area contributed by atoms with Crippen LogP contribution in [0, 0.1) is 5.92 Å². The highest BCUT2D eigenvalue weighted by atomic mass is 32.2. The minimum atomic E-state index is -4.38. The van der Waals surface area contributed by atoms with Crippen LogP contribution in [0.1, 0.15) is 24.0 Å². The number of thioether (sulfide) groups is 1. The van der Waals surface area contributed by atoms with E-state index < -0.39 is 11.7 Å². The molecule has 0 unspecified atom stereocenters. The normalized spacial score (nSPS) is 16.3. The fourth-order valence-corrected chi connectivity index (χ4v) is 2.47. The number of rotatable bonds is 4. The highest BCUT2D eigenvalue weighted by Crippen LogP contribution is 2.35. The smallest absolute Gasteiger partial charge is 0.398 e. The zero-order chi connectivity index (χ0) is 14.9. The first-order valence-electron chi connectivity index (χ1n) is 6.09. The number of carbonyl (C=O) groups excluding carboxylic acids is 1. The van der Waals surface area contributed by atoms with Gasteiger partial charge in [0.1, 0.15) is 0 Å². The maximum absolute atomic E-state index is 12.7. The Hall–Kier alpha value is -1.43. The molecule has 2 rings (SSSR count). The van der Waals surface area contributed by atoms with Crippen LogP contribution in [0.15, 0.2) is 29.2 Å². The van der Waals surface area contributed by atoms with Crippen LogP contribution in [-0.4, -0.2) is 12.0 Å². The number of allylic oxidation sites excluding steroid dienone is 1. The van der Waals surface area contributed by atoms with Gasteiger partial charge in [0.25, 0.3) is 0 Å². The Bertz CT molecular complexity index is 562. The van der Waals surface area contributed by atoms with Crippen molar-refractivity contribution in [1.82, 2.24) is 0 Å². The molecule has 1 aromatic rings. The highest BCUT2D eigenvalue weighted by molar-refractivity contribution is 7.98. The lowest BCUT2D eigenvalue weighted by Gasteiger charge is -2.12. The summed E-state index contributed by atoms with van der Waals surface area (Å²) in [6.45, 7) is 0. The largest absolute Gasteiger partial charge is 0.416 e. The second-order valence-electron chi connectivity index (χ2n) is 4.69. The Labute approximate surface area is 119 Å². The van der Waals surface area contributed by atoms with E-state index in [-0.39, 0.29) is 17.4 Å². The van der Waals surface area contributed by atoms with Crippen molar-refractivity contribution < 1.29 is 18.0 Å². The molecule has 0 heterocycles. The van der Waals surface area contributed by atoms with E-state index in [1.165, 1.54) is 23.9 Å². The van der Waals surface area contributed by atoms with Crippen molar-refractivity contribution >= 4 is 23.2 Å². The summed E-state index contributed by atoms with van der Waals surface area (Å²) in [5.74, 6) is -0.00446. The van der Waals surface area contributed by atoms with Crippen molar-refractivity contribution in [3.05, 3.63) is 35.4 Å². The summed E-state index contributed by atoms with van der Waals surface area (Å²) >= 11 is 1.17. The fraction of sp³-hybridized carbons (Fsp3) is 0.357. The van der Waals surface area contributed by atoms with Gasteiger partial charge in [0, 0.05) is 28.1 Å². The van der Waals surface area contributed by atoms with Gasteiger partial charge in [0.2, 0.25) is 0 Å². The van der Waals surface area contributed by atoms with Crippen LogP contribution in [0.25, 0.3) is 5.70 Å². The second-order valence-corrected chi connectivity index (χ2v) is 5.54. The fourth-order valence-electron chi connectivity index (χ4n) is 1.82. The molecule has 0 aromatic heterocycles. The molecule has 0 aliphatic heterocycles. The molecule has 0 atom stereocenters. The Morgan fingerprint density at radius 2 is 2.05 bits per heavy atom. The van der Waals surface area contributed by atoms with Crippen LogP contribution in [0.3, 0.4) is 0 Å². The molecule has 2 N–H and O–H groups in total. The van der Waals surface area contributed by atoms with Gasteiger partial charge >= 0.3 is 6.18 Å². The molecule has 0 radical (unpaired) electrons. The van der Waals surface area contributed by atoms with E-state index in [0.29, 0.717) is 10.5 Å². The lowest BCUT2D eigenvalue weighted by Crippen LogP contribution is -2.08. The van der Waals surface area contributed by atoms with E-state index in [2.05, 4.69) is 0 Å². The van der Waals surface area contributed by atoms with Crippen LogP contribution in [0.2, 0.25) is 0 Å². The van der Waals surface area contributed by atoms with E-state index in [4.69, 9.17) is 5.73 Å². The molecule has 0 bridgehead atoms. The van der Waals surface area contributed by atoms with Crippen molar-refractivity contribution in [3.63, 3.8) is 0 Å². The van der Waals surface area contributed by atoms with Crippen molar-refractivity contribution in [2.75, 3.05) is 6.26 Å². The van der Waals surface area contributed by atoms with Gasteiger partial charge in [0.15, 0.2) is 5.78 Å². The number of hydrogen-bond donors (Lipinski definition) is 1. The van der Waals surface area contributed by atoms with Gasteiger partial charge in [-0.05, 0) is 31.2 Å². The summed E-state index contributed by atoms with van der Waals surface area (Å²) in [7, 11) is 0. The third-order valence-corrected chi connectivity index (χ3v) is 3.89.